The minimum atomic E-state index is -0.146. The molecule has 1 aliphatic rings. The second kappa shape index (κ2) is 6.73. The van der Waals surface area contributed by atoms with Gasteiger partial charge in [0.2, 0.25) is 0 Å². The Bertz CT molecular complexity index is 755. The Kier molecular flexibility index (Phi) is 4.67. The van der Waals surface area contributed by atoms with Crippen LogP contribution in [-0.2, 0) is 11.4 Å². The van der Waals surface area contributed by atoms with Gasteiger partial charge in [-0.3, -0.25) is 9.63 Å². The summed E-state index contributed by atoms with van der Waals surface area (Å²) in [6.07, 6.45) is 2.66. The van der Waals surface area contributed by atoms with Gasteiger partial charge in [-0.1, -0.05) is 45.0 Å². The first-order chi connectivity index (χ1) is 11.5. The molecular weight excluding hydrogens is 300 g/mol. The zero-order chi connectivity index (χ0) is 17.3. The van der Waals surface area contributed by atoms with Crippen molar-refractivity contribution >= 4 is 5.91 Å². The number of carbonyl (C=O) groups excluding carboxylic acids is 1. The molecule has 0 bridgehead atoms. The molecule has 0 saturated carbocycles. The summed E-state index contributed by atoms with van der Waals surface area (Å²) in [7, 11) is 0. The van der Waals surface area contributed by atoms with Gasteiger partial charge in [-0.2, -0.15) is 0 Å². The molecule has 0 spiro atoms. The monoisotopic (exact) mass is 324 g/mol. The fourth-order valence-corrected chi connectivity index (χ4v) is 2.78. The SMILES string of the molecule is CCC(C)ON1Cc2cc(-c3cccc(C(C)C)c3)cnc2C1=O. The first-order valence-corrected chi connectivity index (χ1v) is 8.57. The van der Waals surface area contributed by atoms with E-state index in [2.05, 4.69) is 49.2 Å². The molecule has 24 heavy (non-hydrogen) atoms. The molecule has 0 radical (unpaired) electrons. The highest BCUT2D eigenvalue weighted by molar-refractivity contribution is 5.96. The van der Waals surface area contributed by atoms with Crippen LogP contribution in [0.15, 0.2) is 36.5 Å². The quantitative estimate of drug-likeness (QED) is 0.810. The molecule has 3 rings (SSSR count). The number of fused-ring (bicyclic) bond motifs is 1. The van der Waals surface area contributed by atoms with Crippen molar-refractivity contribution in [3.05, 3.63) is 53.3 Å². The number of amides is 1. The molecule has 0 aliphatic carbocycles. The van der Waals surface area contributed by atoms with Gasteiger partial charge in [-0.05, 0) is 36.5 Å². The van der Waals surface area contributed by atoms with Crippen molar-refractivity contribution in [2.24, 2.45) is 0 Å². The molecule has 2 aromatic rings. The molecule has 0 fully saturated rings. The zero-order valence-corrected chi connectivity index (χ0v) is 14.7. The molecule has 1 unspecified atom stereocenters. The summed E-state index contributed by atoms with van der Waals surface area (Å²) in [6.45, 7) is 8.83. The molecule has 1 aromatic carbocycles. The van der Waals surface area contributed by atoms with E-state index in [9.17, 15) is 4.79 Å². The van der Waals surface area contributed by atoms with Crippen LogP contribution >= 0.6 is 0 Å². The maximum absolute atomic E-state index is 12.4. The molecule has 126 valence electrons. The lowest BCUT2D eigenvalue weighted by Crippen LogP contribution is -2.28. The average Bonchev–Trinajstić information content (AvgIpc) is 2.90. The van der Waals surface area contributed by atoms with Gasteiger partial charge < -0.3 is 0 Å². The lowest BCUT2D eigenvalue weighted by atomic mass is 9.97. The highest BCUT2D eigenvalue weighted by Crippen LogP contribution is 2.29. The van der Waals surface area contributed by atoms with Crippen molar-refractivity contribution in [2.45, 2.75) is 52.7 Å². The Hall–Kier alpha value is -2.20. The van der Waals surface area contributed by atoms with Crippen LogP contribution < -0.4 is 0 Å². The van der Waals surface area contributed by atoms with Crippen molar-refractivity contribution in [1.29, 1.82) is 0 Å². The highest BCUT2D eigenvalue weighted by atomic mass is 16.7. The first kappa shape index (κ1) is 16.7. The second-order valence-electron chi connectivity index (χ2n) is 6.68. The van der Waals surface area contributed by atoms with E-state index < -0.39 is 0 Å². The number of hydroxylamine groups is 2. The number of carbonyl (C=O) groups is 1. The lowest BCUT2D eigenvalue weighted by Gasteiger charge is -2.19. The molecule has 1 aliphatic heterocycles. The maximum atomic E-state index is 12.4. The van der Waals surface area contributed by atoms with E-state index in [4.69, 9.17) is 4.84 Å². The van der Waals surface area contributed by atoms with Crippen LogP contribution in [0.4, 0.5) is 0 Å². The van der Waals surface area contributed by atoms with Crippen molar-refractivity contribution in [3.63, 3.8) is 0 Å². The summed E-state index contributed by atoms with van der Waals surface area (Å²) in [5, 5.41) is 1.43. The van der Waals surface area contributed by atoms with Gasteiger partial charge in [0.25, 0.3) is 5.91 Å². The Balaban J connectivity index is 1.88. The number of aromatic nitrogens is 1. The van der Waals surface area contributed by atoms with E-state index in [1.54, 1.807) is 6.20 Å². The van der Waals surface area contributed by atoms with E-state index in [0.29, 0.717) is 18.2 Å². The molecule has 1 atom stereocenters. The van der Waals surface area contributed by atoms with Crippen molar-refractivity contribution in [1.82, 2.24) is 10.0 Å². The summed E-state index contributed by atoms with van der Waals surface area (Å²) in [5.74, 6) is 0.334. The number of hydrogen-bond acceptors (Lipinski definition) is 3. The van der Waals surface area contributed by atoms with Crippen LogP contribution in [0.25, 0.3) is 11.1 Å². The van der Waals surface area contributed by atoms with Crippen LogP contribution in [0.1, 0.15) is 61.6 Å². The molecule has 1 aromatic heterocycles. The summed E-state index contributed by atoms with van der Waals surface area (Å²) in [4.78, 5) is 22.5. The largest absolute Gasteiger partial charge is 0.296 e. The van der Waals surface area contributed by atoms with Crippen molar-refractivity contribution < 1.29 is 9.63 Å². The van der Waals surface area contributed by atoms with Gasteiger partial charge in [-0.25, -0.2) is 10.0 Å². The lowest BCUT2D eigenvalue weighted by molar-refractivity contribution is -0.160. The average molecular weight is 324 g/mol. The van der Waals surface area contributed by atoms with E-state index in [0.717, 1.165) is 23.1 Å². The second-order valence-corrected chi connectivity index (χ2v) is 6.68. The molecule has 0 N–H and O–H groups in total. The van der Waals surface area contributed by atoms with Gasteiger partial charge in [0.05, 0.1) is 12.6 Å². The topological polar surface area (TPSA) is 42.4 Å². The minimum absolute atomic E-state index is 0.0189. The Labute approximate surface area is 143 Å². The smallest absolute Gasteiger partial charge is 0.267 e. The minimum Gasteiger partial charge on any atom is -0.267 e. The van der Waals surface area contributed by atoms with Gasteiger partial charge in [0.1, 0.15) is 5.69 Å². The zero-order valence-electron chi connectivity index (χ0n) is 14.7. The molecule has 0 saturated heterocycles. The van der Waals surface area contributed by atoms with Gasteiger partial charge >= 0.3 is 0 Å². The summed E-state index contributed by atoms with van der Waals surface area (Å²) >= 11 is 0. The van der Waals surface area contributed by atoms with Gasteiger partial charge in [-0.15, -0.1) is 0 Å². The molecule has 1 amide bonds. The third-order valence-corrected chi connectivity index (χ3v) is 4.48. The van der Waals surface area contributed by atoms with Crippen LogP contribution in [0, 0.1) is 0 Å². The predicted octanol–water partition coefficient (Wildman–Crippen LogP) is 4.56. The fourth-order valence-electron chi connectivity index (χ4n) is 2.78. The molecule has 4 nitrogen and oxygen atoms in total. The Morgan fingerprint density at radius 3 is 2.71 bits per heavy atom. The third kappa shape index (κ3) is 3.20. The number of hydrogen-bond donors (Lipinski definition) is 0. The van der Waals surface area contributed by atoms with E-state index >= 15 is 0 Å². The van der Waals surface area contributed by atoms with Crippen molar-refractivity contribution in [2.75, 3.05) is 0 Å². The Morgan fingerprint density at radius 2 is 2.00 bits per heavy atom. The van der Waals surface area contributed by atoms with Crippen LogP contribution in [0.5, 0.6) is 0 Å². The van der Waals surface area contributed by atoms with E-state index in [-0.39, 0.29) is 12.0 Å². The number of nitrogens with zero attached hydrogens (tertiary/aromatic N) is 2. The summed E-state index contributed by atoms with van der Waals surface area (Å²) < 4.78 is 0. The van der Waals surface area contributed by atoms with Crippen LogP contribution in [-0.4, -0.2) is 22.1 Å². The van der Waals surface area contributed by atoms with E-state index in [1.165, 1.54) is 10.6 Å². The predicted molar refractivity (Wildman–Crippen MR) is 94.5 cm³/mol. The van der Waals surface area contributed by atoms with Crippen LogP contribution in [0.2, 0.25) is 0 Å². The molecule has 2 heterocycles. The number of pyridine rings is 1. The number of rotatable bonds is 5. The fraction of sp³-hybridized carbons (Fsp3) is 0.400. The molecule has 4 heteroatoms. The summed E-state index contributed by atoms with van der Waals surface area (Å²) in [6, 6.07) is 10.5. The molecular formula is C20H24N2O2. The maximum Gasteiger partial charge on any atom is 0.296 e. The normalized spacial score (nSPS) is 15.0. The highest BCUT2D eigenvalue weighted by Gasteiger charge is 2.31. The van der Waals surface area contributed by atoms with Gasteiger partial charge in [0.15, 0.2) is 0 Å². The first-order valence-electron chi connectivity index (χ1n) is 8.57. The Morgan fingerprint density at radius 1 is 1.21 bits per heavy atom. The number of benzene rings is 1. The van der Waals surface area contributed by atoms with E-state index in [1.807, 2.05) is 13.8 Å². The summed E-state index contributed by atoms with van der Waals surface area (Å²) in [5.41, 5.74) is 4.89. The third-order valence-electron chi connectivity index (χ3n) is 4.48. The van der Waals surface area contributed by atoms with Crippen LogP contribution in [0.3, 0.4) is 0 Å². The van der Waals surface area contributed by atoms with Gasteiger partial charge in [0, 0.05) is 17.3 Å². The van der Waals surface area contributed by atoms with Crippen molar-refractivity contribution in [3.8, 4) is 11.1 Å². The standard InChI is InChI=1S/C20H24N2O2/c1-5-14(4)24-22-12-18-10-17(11-21-19(18)20(22)23)16-8-6-7-15(9-16)13(2)3/h6-11,13-14H,5,12H2,1-4H3.